The van der Waals surface area contributed by atoms with Gasteiger partial charge in [0.2, 0.25) is 0 Å². The Morgan fingerprint density at radius 2 is 1.12 bits per heavy atom. The Balaban J connectivity index is 0.000000240. The van der Waals surface area contributed by atoms with Gasteiger partial charge in [0.1, 0.15) is 30.7 Å². The second-order valence-corrected chi connectivity index (χ2v) is 17.2. The lowest BCUT2D eigenvalue weighted by Crippen LogP contribution is -2.52. The Morgan fingerprint density at radius 1 is 0.631 bits per heavy atom. The van der Waals surface area contributed by atoms with Crippen LogP contribution in [0, 0.1) is 67.2 Å². The van der Waals surface area contributed by atoms with Gasteiger partial charge in [0.15, 0.2) is 18.9 Å². The molecule has 6 rings (SSSR count). The van der Waals surface area contributed by atoms with E-state index in [9.17, 15) is 30.3 Å². The second kappa shape index (κ2) is 27.0. The van der Waals surface area contributed by atoms with E-state index in [2.05, 4.69) is 26.0 Å². The highest BCUT2D eigenvalue weighted by molar-refractivity contribution is 5.75. The van der Waals surface area contributed by atoms with Crippen LogP contribution in [0.1, 0.15) is 104 Å². The Labute approximate surface area is 385 Å². The van der Waals surface area contributed by atoms with Crippen molar-refractivity contribution in [2.45, 2.75) is 125 Å². The largest absolute Gasteiger partial charge is 0.396 e. The van der Waals surface area contributed by atoms with Gasteiger partial charge in [-0.3, -0.25) is 4.79 Å². The van der Waals surface area contributed by atoms with Crippen molar-refractivity contribution in [2.75, 3.05) is 40.6 Å². The lowest BCUT2D eigenvalue weighted by atomic mass is 9.95. The molecular weight excluding hydrogens is 833 g/mol. The van der Waals surface area contributed by atoms with E-state index in [0.29, 0.717) is 0 Å². The van der Waals surface area contributed by atoms with Crippen LogP contribution in [-0.4, -0.2) is 114 Å². The smallest absolute Gasteiger partial charge is 0.184 e. The molecule has 13 nitrogen and oxygen atoms in total. The Morgan fingerprint density at radius 3 is 1.58 bits per heavy atom. The maximum Gasteiger partial charge on any atom is 0.184 e. The molecule has 2 heterocycles. The number of rotatable bonds is 12. The van der Waals surface area contributed by atoms with Crippen LogP contribution in [0.5, 0.6) is 0 Å². The number of hydrogen-bond donors (Lipinski definition) is 6. The molecular formula is C52H74O13. The summed E-state index contributed by atoms with van der Waals surface area (Å²) in [4.78, 5) is 10.3. The van der Waals surface area contributed by atoms with Crippen LogP contribution in [-0.2, 0) is 28.4 Å². The number of carbonyl (C=O) groups excluding carboxylic acids is 1. The monoisotopic (exact) mass is 907 g/mol. The van der Waals surface area contributed by atoms with Crippen LogP contribution >= 0.6 is 0 Å². The molecule has 0 saturated carbocycles. The molecule has 2 aliphatic rings. The number of benzene rings is 4. The van der Waals surface area contributed by atoms with Crippen LogP contribution in [0.4, 0.5) is 0 Å². The van der Waals surface area contributed by atoms with Gasteiger partial charge in [-0.2, -0.15) is 0 Å². The fourth-order valence-electron chi connectivity index (χ4n) is 7.00. The first-order chi connectivity index (χ1) is 30.8. The molecule has 2 aliphatic heterocycles. The summed E-state index contributed by atoms with van der Waals surface area (Å²) < 4.78 is 33.0. The average Bonchev–Trinajstić information content (AvgIpc) is 3.30. The van der Waals surface area contributed by atoms with Gasteiger partial charge in [-0.15, -0.1) is 0 Å². The molecule has 0 amide bonds. The van der Waals surface area contributed by atoms with Gasteiger partial charge >= 0.3 is 0 Å². The molecule has 0 bridgehead atoms. The summed E-state index contributed by atoms with van der Waals surface area (Å²) in [6.45, 7) is 19.3. The van der Waals surface area contributed by atoms with Gasteiger partial charge in [-0.05, 0) is 106 Å². The second-order valence-electron chi connectivity index (χ2n) is 17.2. The van der Waals surface area contributed by atoms with E-state index in [0.717, 1.165) is 39.7 Å². The van der Waals surface area contributed by atoms with Crippen LogP contribution < -0.4 is 0 Å². The number of ether oxygens (including phenoxy) is 6. The van der Waals surface area contributed by atoms with Crippen molar-refractivity contribution in [3.8, 4) is 0 Å². The minimum Gasteiger partial charge on any atom is -0.396 e. The number of hydrogen-bond acceptors (Lipinski definition) is 13. The molecule has 0 radical (unpaired) electrons. The van der Waals surface area contributed by atoms with E-state index in [1.165, 1.54) is 33.4 Å². The van der Waals surface area contributed by atoms with E-state index in [1.807, 2.05) is 102 Å². The summed E-state index contributed by atoms with van der Waals surface area (Å²) in [6.07, 6.45) is -5.52. The first kappa shape index (κ1) is 55.4. The summed E-state index contributed by atoms with van der Waals surface area (Å²) in [5.74, 6) is -0.616. The van der Waals surface area contributed by atoms with Crippen molar-refractivity contribution >= 4 is 6.29 Å². The lowest BCUT2D eigenvalue weighted by Gasteiger charge is -2.41. The fourth-order valence-corrected chi connectivity index (χ4v) is 7.00. The zero-order valence-corrected chi connectivity index (χ0v) is 40.2. The first-order valence-corrected chi connectivity index (χ1v) is 22.1. The lowest BCUT2D eigenvalue weighted by molar-refractivity contribution is -0.304. The third-order valence-electron chi connectivity index (χ3n) is 12.1. The van der Waals surface area contributed by atoms with Crippen molar-refractivity contribution < 1.29 is 63.9 Å². The average molecular weight is 907 g/mol. The molecule has 4 aromatic rings. The molecule has 0 aliphatic carbocycles. The minimum atomic E-state index is -0.958. The highest BCUT2D eigenvalue weighted by Gasteiger charge is 2.41. The zero-order valence-electron chi connectivity index (χ0n) is 40.2. The molecule has 13 heteroatoms. The standard InChI is InChI=1S/2C16H24O5.C11H16O2.C9H10O/c1-9-4-5-12(6-10(9)2)16-20-13(8-18)14(19)15(21-16)11(3)7-17;1-9-4-5-12(6-10(9)2)16-20-8-13(18)15(21-16)14(19)11(3)7-17;1-8-5-6-10(7-9(8)2)11(12-3)13-4;1-7-3-4-9(6-10)5-8(7)2/h2*4-6,11,13-19H,7-8H2,1-3H3;5-7,11H,1-4H3;3-6H,1-2H3. The Kier molecular flexibility index (Phi) is 23.0. The summed E-state index contributed by atoms with van der Waals surface area (Å²) in [7, 11) is 3.28. The molecule has 6 N–H and O–H groups in total. The quantitative estimate of drug-likeness (QED) is 0.0640. The Bertz CT molecular complexity index is 2040. The van der Waals surface area contributed by atoms with E-state index in [-0.39, 0.29) is 44.6 Å². The third kappa shape index (κ3) is 15.8. The number of carbonyl (C=O) groups is 1. The van der Waals surface area contributed by atoms with Crippen LogP contribution in [0.25, 0.3) is 0 Å². The number of aldehydes is 1. The molecule has 4 aromatic carbocycles. The molecule has 65 heavy (non-hydrogen) atoms. The fraction of sp³-hybridized carbons (Fsp3) is 0.519. The number of aliphatic hydroxyl groups is 6. The molecule has 10 atom stereocenters. The first-order valence-electron chi connectivity index (χ1n) is 22.1. The van der Waals surface area contributed by atoms with Crippen molar-refractivity contribution in [1.29, 1.82) is 0 Å². The van der Waals surface area contributed by atoms with Gasteiger partial charge in [-0.1, -0.05) is 80.6 Å². The molecule has 0 spiro atoms. The predicted molar refractivity (Wildman–Crippen MR) is 249 cm³/mol. The predicted octanol–water partition coefficient (Wildman–Crippen LogP) is 6.85. The molecule has 10 unspecified atom stereocenters. The minimum absolute atomic E-state index is 0.0947. The molecule has 2 fully saturated rings. The highest BCUT2D eigenvalue weighted by Crippen LogP contribution is 2.34. The Hall–Kier alpha value is -3.93. The SMILES string of the molecule is COC(OC)c1ccc(C)c(C)c1.Cc1ccc(C2OC(CO)C(O)C(C(C)CO)O2)cc1C.Cc1ccc(C2OCC(O)C(C(O)C(C)CO)O2)cc1C.Cc1ccc(C=O)cc1C. The van der Waals surface area contributed by atoms with Crippen LogP contribution in [0.3, 0.4) is 0 Å². The van der Waals surface area contributed by atoms with Gasteiger partial charge in [0.05, 0.1) is 25.4 Å². The van der Waals surface area contributed by atoms with Crippen molar-refractivity contribution in [3.05, 3.63) is 140 Å². The number of aryl methyl sites for hydroxylation is 8. The van der Waals surface area contributed by atoms with Crippen LogP contribution in [0.2, 0.25) is 0 Å². The maximum atomic E-state index is 10.3. The zero-order chi connectivity index (χ0) is 48.5. The summed E-state index contributed by atoms with van der Waals surface area (Å²) in [6, 6.07) is 23.7. The normalized spacial score (nSPS) is 23.1. The third-order valence-corrected chi connectivity index (χ3v) is 12.1. The highest BCUT2D eigenvalue weighted by atomic mass is 16.7. The van der Waals surface area contributed by atoms with Gasteiger partial charge in [0.25, 0.3) is 0 Å². The van der Waals surface area contributed by atoms with E-state index < -0.39 is 49.2 Å². The van der Waals surface area contributed by atoms with E-state index >= 15 is 0 Å². The topological polar surface area (TPSA) is 194 Å². The van der Waals surface area contributed by atoms with Crippen molar-refractivity contribution in [1.82, 2.24) is 0 Å². The number of aliphatic hydroxyl groups excluding tert-OH is 6. The van der Waals surface area contributed by atoms with Crippen molar-refractivity contribution in [2.24, 2.45) is 11.8 Å². The summed E-state index contributed by atoms with van der Waals surface area (Å²) in [5, 5.41) is 58.1. The summed E-state index contributed by atoms with van der Waals surface area (Å²) in [5.41, 5.74) is 13.1. The van der Waals surface area contributed by atoms with Gasteiger partial charge < -0.3 is 59.1 Å². The van der Waals surface area contributed by atoms with Crippen molar-refractivity contribution in [3.63, 3.8) is 0 Å². The number of methoxy groups -OCH3 is 2. The van der Waals surface area contributed by atoms with Crippen LogP contribution in [0.15, 0.2) is 72.8 Å². The maximum absolute atomic E-state index is 10.3. The molecule has 360 valence electrons. The molecule has 0 aromatic heterocycles. The molecule has 2 saturated heterocycles. The summed E-state index contributed by atoms with van der Waals surface area (Å²) >= 11 is 0. The van der Waals surface area contributed by atoms with E-state index in [4.69, 9.17) is 33.5 Å². The van der Waals surface area contributed by atoms with E-state index in [1.54, 1.807) is 28.1 Å². The van der Waals surface area contributed by atoms with Gasteiger partial charge in [0, 0.05) is 61.5 Å². The van der Waals surface area contributed by atoms with Gasteiger partial charge in [-0.25, -0.2) is 0 Å².